The summed E-state index contributed by atoms with van der Waals surface area (Å²) in [5.41, 5.74) is -1.52. The van der Waals surface area contributed by atoms with Gasteiger partial charge in [-0.2, -0.15) is 13.2 Å². The number of halogens is 4. The van der Waals surface area contributed by atoms with Crippen molar-refractivity contribution in [1.82, 2.24) is 4.90 Å². The zero-order chi connectivity index (χ0) is 26.6. The molecule has 1 aromatic heterocycles. The van der Waals surface area contributed by atoms with E-state index in [0.29, 0.717) is 5.56 Å². The molecule has 1 heterocycles. The Morgan fingerprint density at radius 3 is 2.19 bits per heavy atom. The summed E-state index contributed by atoms with van der Waals surface area (Å²) in [4.78, 5) is 26.4. The Bertz CT molecular complexity index is 1460. The van der Waals surface area contributed by atoms with E-state index in [1.54, 1.807) is 30.3 Å². The van der Waals surface area contributed by atoms with Crippen molar-refractivity contribution in [3.8, 4) is 11.3 Å². The number of nitrogens with zero attached hydrogens (tertiary/aromatic N) is 1. The fourth-order valence-corrected chi connectivity index (χ4v) is 3.72. The fraction of sp³-hybridized carbons (Fsp3) is 0.0714. The van der Waals surface area contributed by atoms with Gasteiger partial charge in [0.2, 0.25) is 0 Å². The molecule has 3 aromatic carbocycles. The standard InChI is InChI=1S/C28H19F4NO4/c29-23-13-7-5-11-21(23)26(34)33(24(27(35)36)16-18-8-2-1-3-9-18)17-19-14-15-25(37-19)20-10-4-6-12-22(20)28(30,31)32/h1-16H,17H2,(H,35,36)/b24-16+. The SMILES string of the molecule is O=C(O)/C(=C\c1ccccc1)N(Cc1ccc(-c2ccccc2C(F)(F)F)o1)C(=O)c1ccccc1F. The summed E-state index contributed by atoms with van der Waals surface area (Å²) in [5, 5.41) is 9.95. The van der Waals surface area contributed by atoms with Crippen molar-refractivity contribution in [3.63, 3.8) is 0 Å². The third-order valence-electron chi connectivity index (χ3n) is 5.44. The second-order valence-electron chi connectivity index (χ2n) is 7.93. The van der Waals surface area contributed by atoms with E-state index in [2.05, 4.69) is 0 Å². The average molecular weight is 509 g/mol. The number of amides is 1. The molecule has 0 saturated heterocycles. The average Bonchev–Trinajstić information content (AvgIpc) is 3.34. The molecule has 1 amide bonds. The van der Waals surface area contributed by atoms with Gasteiger partial charge in [-0.05, 0) is 42.0 Å². The Hall–Kier alpha value is -4.66. The lowest BCUT2D eigenvalue weighted by Gasteiger charge is -2.23. The number of hydrogen-bond acceptors (Lipinski definition) is 3. The molecule has 0 aliphatic carbocycles. The van der Waals surface area contributed by atoms with E-state index in [9.17, 15) is 32.3 Å². The molecule has 0 aliphatic heterocycles. The molecule has 37 heavy (non-hydrogen) atoms. The first-order chi connectivity index (χ1) is 17.6. The first-order valence-corrected chi connectivity index (χ1v) is 11.0. The Labute approximate surface area is 208 Å². The van der Waals surface area contributed by atoms with E-state index < -0.39 is 41.7 Å². The molecule has 0 unspecified atom stereocenters. The second kappa shape index (κ2) is 10.5. The number of rotatable bonds is 7. The van der Waals surface area contributed by atoms with Crippen LogP contribution in [0.25, 0.3) is 17.4 Å². The molecule has 0 saturated carbocycles. The van der Waals surface area contributed by atoms with Gasteiger partial charge >= 0.3 is 12.1 Å². The molecule has 4 aromatic rings. The highest BCUT2D eigenvalue weighted by Crippen LogP contribution is 2.37. The van der Waals surface area contributed by atoms with E-state index in [-0.39, 0.29) is 22.6 Å². The van der Waals surface area contributed by atoms with Gasteiger partial charge in [-0.15, -0.1) is 0 Å². The van der Waals surface area contributed by atoms with Crippen molar-refractivity contribution in [2.75, 3.05) is 0 Å². The van der Waals surface area contributed by atoms with Crippen LogP contribution in [-0.2, 0) is 17.5 Å². The topological polar surface area (TPSA) is 70.8 Å². The Morgan fingerprint density at radius 2 is 1.51 bits per heavy atom. The van der Waals surface area contributed by atoms with Crippen LogP contribution in [0.1, 0.15) is 27.2 Å². The number of alkyl halides is 3. The zero-order valence-electron chi connectivity index (χ0n) is 19.1. The zero-order valence-corrected chi connectivity index (χ0v) is 19.1. The van der Waals surface area contributed by atoms with Gasteiger partial charge in [0.1, 0.15) is 23.0 Å². The first-order valence-electron chi connectivity index (χ1n) is 11.0. The molecule has 9 heteroatoms. The monoisotopic (exact) mass is 509 g/mol. The molecule has 0 aliphatic rings. The van der Waals surface area contributed by atoms with Crippen molar-refractivity contribution < 1.29 is 36.7 Å². The molecule has 0 spiro atoms. The van der Waals surface area contributed by atoms with Gasteiger partial charge in [-0.25, -0.2) is 9.18 Å². The lowest BCUT2D eigenvalue weighted by Crippen LogP contribution is -2.33. The van der Waals surface area contributed by atoms with E-state index in [4.69, 9.17) is 4.42 Å². The van der Waals surface area contributed by atoms with Gasteiger partial charge in [0.25, 0.3) is 5.91 Å². The normalized spacial score (nSPS) is 11.8. The Balaban J connectivity index is 1.77. The van der Waals surface area contributed by atoms with Crippen molar-refractivity contribution in [1.29, 1.82) is 0 Å². The lowest BCUT2D eigenvalue weighted by molar-refractivity contribution is -0.137. The largest absolute Gasteiger partial charge is 0.477 e. The number of benzene rings is 3. The van der Waals surface area contributed by atoms with Crippen molar-refractivity contribution in [3.05, 3.63) is 125 Å². The Morgan fingerprint density at radius 1 is 0.865 bits per heavy atom. The molecular weight excluding hydrogens is 490 g/mol. The number of carboxylic acid groups (broad SMARTS) is 1. The van der Waals surface area contributed by atoms with Gasteiger partial charge in [-0.3, -0.25) is 9.69 Å². The summed E-state index contributed by atoms with van der Waals surface area (Å²) in [6.07, 6.45) is -3.39. The van der Waals surface area contributed by atoms with Crippen LogP contribution in [0.15, 0.2) is 101 Å². The van der Waals surface area contributed by atoms with Gasteiger partial charge in [0.05, 0.1) is 17.7 Å². The first kappa shape index (κ1) is 25.4. The van der Waals surface area contributed by atoms with Gasteiger partial charge in [0.15, 0.2) is 0 Å². The second-order valence-corrected chi connectivity index (χ2v) is 7.93. The van der Waals surface area contributed by atoms with Crippen LogP contribution >= 0.6 is 0 Å². The maximum Gasteiger partial charge on any atom is 0.417 e. The summed E-state index contributed by atoms with van der Waals surface area (Å²) in [6, 6.07) is 20.8. The fourth-order valence-electron chi connectivity index (χ4n) is 3.72. The summed E-state index contributed by atoms with van der Waals surface area (Å²) in [6.45, 7) is -0.480. The smallest absolute Gasteiger partial charge is 0.417 e. The predicted octanol–water partition coefficient (Wildman–Crippen LogP) is 6.87. The third-order valence-corrected chi connectivity index (χ3v) is 5.44. The number of furan rings is 1. The highest BCUT2D eigenvalue weighted by molar-refractivity contribution is 6.02. The quantitative estimate of drug-likeness (QED) is 0.218. The minimum Gasteiger partial charge on any atom is -0.477 e. The number of carbonyl (C=O) groups excluding carboxylic acids is 1. The minimum atomic E-state index is -4.63. The van der Waals surface area contributed by atoms with Crippen LogP contribution in [0.5, 0.6) is 0 Å². The molecule has 0 radical (unpaired) electrons. The van der Waals surface area contributed by atoms with E-state index in [1.165, 1.54) is 54.6 Å². The summed E-state index contributed by atoms with van der Waals surface area (Å²) in [7, 11) is 0. The van der Waals surface area contributed by atoms with Gasteiger partial charge in [0, 0.05) is 5.56 Å². The number of carbonyl (C=O) groups is 2. The molecule has 4 rings (SSSR count). The summed E-state index contributed by atoms with van der Waals surface area (Å²) < 4.78 is 60.5. The highest BCUT2D eigenvalue weighted by atomic mass is 19.4. The number of carboxylic acids is 1. The lowest BCUT2D eigenvalue weighted by atomic mass is 10.1. The molecule has 188 valence electrons. The third kappa shape index (κ3) is 5.78. The minimum absolute atomic E-state index is 0.00289. The van der Waals surface area contributed by atoms with Crippen molar-refractivity contribution in [2.45, 2.75) is 12.7 Å². The number of aliphatic carboxylic acids is 1. The maximum absolute atomic E-state index is 14.5. The summed E-state index contributed by atoms with van der Waals surface area (Å²) >= 11 is 0. The maximum atomic E-state index is 14.5. The van der Waals surface area contributed by atoms with Crippen LogP contribution in [0.2, 0.25) is 0 Å². The molecule has 0 fully saturated rings. The van der Waals surface area contributed by atoms with Gasteiger partial charge < -0.3 is 9.52 Å². The van der Waals surface area contributed by atoms with E-state index in [1.807, 2.05) is 0 Å². The van der Waals surface area contributed by atoms with Crippen molar-refractivity contribution >= 4 is 18.0 Å². The molecule has 1 N–H and O–H groups in total. The van der Waals surface area contributed by atoms with Crippen LogP contribution in [0.4, 0.5) is 17.6 Å². The van der Waals surface area contributed by atoms with Crippen LogP contribution < -0.4 is 0 Å². The highest BCUT2D eigenvalue weighted by Gasteiger charge is 2.34. The van der Waals surface area contributed by atoms with Crippen LogP contribution in [0.3, 0.4) is 0 Å². The molecule has 5 nitrogen and oxygen atoms in total. The number of hydrogen-bond donors (Lipinski definition) is 1. The summed E-state index contributed by atoms with van der Waals surface area (Å²) in [5.74, 6) is -3.41. The van der Waals surface area contributed by atoms with E-state index in [0.717, 1.165) is 17.0 Å². The van der Waals surface area contributed by atoms with Crippen LogP contribution in [0, 0.1) is 5.82 Å². The molecule has 0 bridgehead atoms. The molecule has 0 atom stereocenters. The predicted molar refractivity (Wildman–Crippen MR) is 127 cm³/mol. The van der Waals surface area contributed by atoms with Gasteiger partial charge in [-0.1, -0.05) is 60.7 Å². The van der Waals surface area contributed by atoms with Crippen LogP contribution in [-0.4, -0.2) is 21.9 Å². The molecular formula is C28H19F4NO4. The van der Waals surface area contributed by atoms with E-state index >= 15 is 0 Å². The Kier molecular flexibility index (Phi) is 7.24. The van der Waals surface area contributed by atoms with Crippen molar-refractivity contribution in [2.24, 2.45) is 0 Å².